The van der Waals surface area contributed by atoms with Crippen molar-refractivity contribution in [1.82, 2.24) is 5.32 Å². The standard InChI is InChI=1S/C13H25N/c1-11(2)12-6-9-13(14-10-12)7-4-3-5-8-13/h11-12,14H,3-10H2,1-2H3. The predicted molar refractivity (Wildman–Crippen MR) is 61.4 cm³/mol. The second-order valence-electron chi connectivity index (χ2n) is 5.76. The van der Waals surface area contributed by atoms with Gasteiger partial charge in [0.15, 0.2) is 0 Å². The third kappa shape index (κ3) is 2.13. The maximum atomic E-state index is 3.87. The lowest BCUT2D eigenvalue weighted by molar-refractivity contribution is 0.134. The second-order valence-corrected chi connectivity index (χ2v) is 5.76. The van der Waals surface area contributed by atoms with Gasteiger partial charge in [-0.15, -0.1) is 0 Å². The first-order valence-corrected chi connectivity index (χ1v) is 6.47. The van der Waals surface area contributed by atoms with Crippen LogP contribution in [0.3, 0.4) is 0 Å². The van der Waals surface area contributed by atoms with Gasteiger partial charge in [-0.25, -0.2) is 0 Å². The summed E-state index contributed by atoms with van der Waals surface area (Å²) < 4.78 is 0. The zero-order valence-electron chi connectivity index (χ0n) is 9.81. The smallest absolute Gasteiger partial charge is 0.0181 e. The molecule has 2 fully saturated rings. The summed E-state index contributed by atoms with van der Waals surface area (Å²) >= 11 is 0. The Hall–Kier alpha value is -0.0400. The molecule has 2 aliphatic rings. The van der Waals surface area contributed by atoms with Crippen LogP contribution in [0.4, 0.5) is 0 Å². The van der Waals surface area contributed by atoms with Crippen molar-refractivity contribution in [3.8, 4) is 0 Å². The van der Waals surface area contributed by atoms with Gasteiger partial charge in [0, 0.05) is 5.54 Å². The Balaban J connectivity index is 1.87. The predicted octanol–water partition coefficient (Wildman–Crippen LogP) is 3.34. The Bertz CT molecular complexity index is 170. The van der Waals surface area contributed by atoms with Gasteiger partial charge in [-0.2, -0.15) is 0 Å². The van der Waals surface area contributed by atoms with Crippen LogP contribution in [0.5, 0.6) is 0 Å². The zero-order chi connectivity index (χ0) is 10.0. The highest BCUT2D eigenvalue weighted by molar-refractivity contribution is 4.95. The first-order chi connectivity index (χ1) is 6.72. The highest BCUT2D eigenvalue weighted by Gasteiger charge is 2.36. The minimum atomic E-state index is 0.573. The van der Waals surface area contributed by atoms with E-state index >= 15 is 0 Å². The van der Waals surface area contributed by atoms with Crippen LogP contribution in [0.25, 0.3) is 0 Å². The molecule has 82 valence electrons. The summed E-state index contributed by atoms with van der Waals surface area (Å²) in [5.74, 6) is 1.80. The number of nitrogens with one attached hydrogen (secondary N) is 1. The van der Waals surface area contributed by atoms with Gasteiger partial charge in [0.1, 0.15) is 0 Å². The van der Waals surface area contributed by atoms with E-state index in [1.807, 2.05) is 0 Å². The summed E-state index contributed by atoms with van der Waals surface area (Å²) in [6.45, 7) is 6.01. The molecule has 1 spiro atoms. The van der Waals surface area contributed by atoms with Gasteiger partial charge in [-0.05, 0) is 44.1 Å². The topological polar surface area (TPSA) is 12.0 Å². The molecular formula is C13H25N. The van der Waals surface area contributed by atoms with E-state index < -0.39 is 0 Å². The maximum absolute atomic E-state index is 3.87. The molecule has 1 atom stereocenters. The Kier molecular flexibility index (Phi) is 3.16. The van der Waals surface area contributed by atoms with Crippen molar-refractivity contribution in [3.63, 3.8) is 0 Å². The molecule has 0 radical (unpaired) electrons. The molecule has 0 amide bonds. The van der Waals surface area contributed by atoms with Gasteiger partial charge < -0.3 is 5.32 Å². The first kappa shape index (κ1) is 10.5. The van der Waals surface area contributed by atoms with Gasteiger partial charge >= 0.3 is 0 Å². The van der Waals surface area contributed by atoms with E-state index in [4.69, 9.17) is 0 Å². The summed E-state index contributed by atoms with van der Waals surface area (Å²) in [6, 6.07) is 0. The van der Waals surface area contributed by atoms with Crippen LogP contribution in [0, 0.1) is 11.8 Å². The van der Waals surface area contributed by atoms with E-state index in [1.54, 1.807) is 0 Å². The van der Waals surface area contributed by atoms with E-state index in [2.05, 4.69) is 19.2 Å². The minimum absolute atomic E-state index is 0.573. The molecule has 0 bridgehead atoms. The quantitative estimate of drug-likeness (QED) is 0.676. The van der Waals surface area contributed by atoms with Crippen LogP contribution in [-0.2, 0) is 0 Å². The lowest BCUT2D eigenvalue weighted by Crippen LogP contribution is -2.52. The molecule has 1 heterocycles. The van der Waals surface area contributed by atoms with E-state index in [0.717, 1.165) is 11.8 Å². The summed E-state index contributed by atoms with van der Waals surface area (Å²) in [7, 11) is 0. The molecule has 1 nitrogen and oxygen atoms in total. The van der Waals surface area contributed by atoms with Crippen LogP contribution in [-0.4, -0.2) is 12.1 Å². The molecule has 0 aromatic heterocycles. The van der Waals surface area contributed by atoms with Crippen molar-refractivity contribution in [2.45, 2.75) is 64.3 Å². The number of hydrogen-bond donors (Lipinski definition) is 1. The molecule has 14 heavy (non-hydrogen) atoms. The van der Waals surface area contributed by atoms with Crippen LogP contribution in [0.1, 0.15) is 58.8 Å². The van der Waals surface area contributed by atoms with Crippen molar-refractivity contribution < 1.29 is 0 Å². The average Bonchev–Trinajstić information content (AvgIpc) is 2.19. The van der Waals surface area contributed by atoms with E-state index in [1.165, 1.54) is 51.5 Å². The van der Waals surface area contributed by atoms with Crippen LogP contribution in [0.2, 0.25) is 0 Å². The third-order valence-corrected chi connectivity index (χ3v) is 4.49. The molecule has 1 N–H and O–H groups in total. The van der Waals surface area contributed by atoms with Crippen molar-refractivity contribution in [3.05, 3.63) is 0 Å². The van der Waals surface area contributed by atoms with Crippen molar-refractivity contribution in [1.29, 1.82) is 0 Å². The fraction of sp³-hybridized carbons (Fsp3) is 1.00. The molecule has 1 aliphatic carbocycles. The van der Waals surface area contributed by atoms with Crippen LogP contribution < -0.4 is 5.32 Å². The van der Waals surface area contributed by atoms with Crippen LogP contribution in [0.15, 0.2) is 0 Å². The minimum Gasteiger partial charge on any atom is -0.311 e. The molecular weight excluding hydrogens is 170 g/mol. The Morgan fingerprint density at radius 3 is 2.29 bits per heavy atom. The molecule has 1 saturated heterocycles. The average molecular weight is 195 g/mol. The second kappa shape index (κ2) is 4.22. The van der Waals surface area contributed by atoms with Gasteiger partial charge in [-0.1, -0.05) is 33.1 Å². The lowest BCUT2D eigenvalue weighted by atomic mass is 9.72. The molecule has 1 aliphatic heterocycles. The van der Waals surface area contributed by atoms with Gasteiger partial charge in [0.25, 0.3) is 0 Å². The fourth-order valence-corrected chi connectivity index (χ4v) is 3.22. The highest BCUT2D eigenvalue weighted by Crippen LogP contribution is 2.37. The number of hydrogen-bond acceptors (Lipinski definition) is 1. The molecule has 0 aromatic rings. The number of rotatable bonds is 1. The summed E-state index contributed by atoms with van der Waals surface area (Å²) in [6.07, 6.45) is 10.2. The summed E-state index contributed by atoms with van der Waals surface area (Å²) in [4.78, 5) is 0. The van der Waals surface area contributed by atoms with Gasteiger partial charge in [0.05, 0.1) is 0 Å². The zero-order valence-corrected chi connectivity index (χ0v) is 9.81. The third-order valence-electron chi connectivity index (χ3n) is 4.49. The van der Waals surface area contributed by atoms with Crippen molar-refractivity contribution >= 4 is 0 Å². The van der Waals surface area contributed by atoms with Gasteiger partial charge in [-0.3, -0.25) is 0 Å². The maximum Gasteiger partial charge on any atom is 0.0181 e. The Labute approximate surface area is 88.7 Å². The van der Waals surface area contributed by atoms with Crippen molar-refractivity contribution in [2.24, 2.45) is 11.8 Å². The van der Waals surface area contributed by atoms with E-state index in [0.29, 0.717) is 5.54 Å². The summed E-state index contributed by atoms with van der Waals surface area (Å²) in [5.41, 5.74) is 0.573. The molecule has 1 heteroatoms. The molecule has 0 aromatic carbocycles. The van der Waals surface area contributed by atoms with Gasteiger partial charge in [0.2, 0.25) is 0 Å². The van der Waals surface area contributed by atoms with E-state index in [9.17, 15) is 0 Å². The van der Waals surface area contributed by atoms with Crippen molar-refractivity contribution in [2.75, 3.05) is 6.54 Å². The van der Waals surface area contributed by atoms with E-state index in [-0.39, 0.29) is 0 Å². The highest BCUT2D eigenvalue weighted by atomic mass is 15.0. The number of piperidine rings is 1. The summed E-state index contributed by atoms with van der Waals surface area (Å²) in [5, 5.41) is 3.87. The normalized spacial score (nSPS) is 32.4. The molecule has 1 saturated carbocycles. The fourth-order valence-electron chi connectivity index (χ4n) is 3.22. The molecule has 2 rings (SSSR count). The monoisotopic (exact) mass is 195 g/mol. The first-order valence-electron chi connectivity index (χ1n) is 6.47. The molecule has 1 unspecified atom stereocenters. The van der Waals surface area contributed by atoms with Crippen LogP contribution >= 0.6 is 0 Å². The Morgan fingerprint density at radius 2 is 1.79 bits per heavy atom. The lowest BCUT2D eigenvalue weighted by Gasteiger charge is -2.45. The Morgan fingerprint density at radius 1 is 1.07 bits per heavy atom. The SMILES string of the molecule is CC(C)C1CCC2(CCCCC2)NC1. The largest absolute Gasteiger partial charge is 0.311 e.